The standard InChI is InChI=1S/C15H19Cl2NO3/c1-20-9-14(19)18-10-15(4-6-21-7-5-15)12-3-2-11(16)8-13(12)17/h2-3,8H,4-7,9-10H2,1H3,(H,18,19). The zero-order valence-electron chi connectivity index (χ0n) is 12.0. The SMILES string of the molecule is COCC(=O)NCC1(c2ccc(Cl)cc2Cl)CCOCC1. The van der Waals surface area contributed by atoms with E-state index in [-0.39, 0.29) is 17.9 Å². The topological polar surface area (TPSA) is 47.6 Å². The van der Waals surface area contributed by atoms with E-state index in [1.165, 1.54) is 7.11 Å². The van der Waals surface area contributed by atoms with Crippen LogP contribution in [0.2, 0.25) is 10.0 Å². The number of rotatable bonds is 5. The molecule has 1 fully saturated rings. The van der Waals surface area contributed by atoms with Crippen molar-refractivity contribution in [1.82, 2.24) is 5.32 Å². The molecule has 1 aliphatic heterocycles. The highest BCUT2D eigenvalue weighted by atomic mass is 35.5. The summed E-state index contributed by atoms with van der Waals surface area (Å²) in [6.45, 7) is 1.87. The molecule has 0 radical (unpaired) electrons. The van der Waals surface area contributed by atoms with Gasteiger partial charge in [-0.25, -0.2) is 0 Å². The Kier molecular flexibility index (Phi) is 5.88. The van der Waals surface area contributed by atoms with Gasteiger partial charge in [-0.15, -0.1) is 0 Å². The van der Waals surface area contributed by atoms with Crippen molar-refractivity contribution in [3.05, 3.63) is 33.8 Å². The lowest BCUT2D eigenvalue weighted by atomic mass is 9.74. The summed E-state index contributed by atoms with van der Waals surface area (Å²) in [4.78, 5) is 11.7. The Balaban J connectivity index is 2.22. The fourth-order valence-corrected chi connectivity index (χ4v) is 3.28. The van der Waals surface area contributed by atoms with Gasteiger partial charge in [0.1, 0.15) is 6.61 Å². The number of hydrogen-bond acceptors (Lipinski definition) is 3. The van der Waals surface area contributed by atoms with E-state index in [0.717, 1.165) is 18.4 Å². The fourth-order valence-electron chi connectivity index (χ4n) is 2.67. The third kappa shape index (κ3) is 4.10. The van der Waals surface area contributed by atoms with E-state index < -0.39 is 0 Å². The van der Waals surface area contributed by atoms with Gasteiger partial charge in [-0.3, -0.25) is 4.79 Å². The van der Waals surface area contributed by atoms with Crippen LogP contribution >= 0.6 is 23.2 Å². The van der Waals surface area contributed by atoms with Gasteiger partial charge in [-0.05, 0) is 30.5 Å². The first-order valence-electron chi connectivity index (χ1n) is 6.86. The minimum Gasteiger partial charge on any atom is -0.381 e. The van der Waals surface area contributed by atoms with E-state index in [0.29, 0.717) is 29.8 Å². The summed E-state index contributed by atoms with van der Waals surface area (Å²) < 4.78 is 10.3. The molecule has 1 N–H and O–H groups in total. The maximum absolute atomic E-state index is 11.7. The Bertz CT molecular complexity index is 502. The molecule has 0 atom stereocenters. The van der Waals surface area contributed by atoms with Gasteiger partial charge in [0.2, 0.25) is 5.91 Å². The number of ether oxygens (including phenoxy) is 2. The van der Waals surface area contributed by atoms with Crippen molar-refractivity contribution < 1.29 is 14.3 Å². The van der Waals surface area contributed by atoms with Crippen molar-refractivity contribution in [2.45, 2.75) is 18.3 Å². The number of amides is 1. The molecular formula is C15H19Cl2NO3. The van der Waals surface area contributed by atoms with Crippen LogP contribution in [0.1, 0.15) is 18.4 Å². The van der Waals surface area contributed by atoms with E-state index >= 15 is 0 Å². The van der Waals surface area contributed by atoms with Crippen molar-refractivity contribution >= 4 is 29.1 Å². The number of carbonyl (C=O) groups excluding carboxylic acids is 1. The zero-order chi connectivity index (χ0) is 15.3. The molecule has 1 amide bonds. The highest BCUT2D eigenvalue weighted by Crippen LogP contribution is 2.39. The Hall–Kier alpha value is -0.810. The van der Waals surface area contributed by atoms with Crippen LogP contribution in [0.4, 0.5) is 0 Å². The monoisotopic (exact) mass is 331 g/mol. The molecule has 6 heteroatoms. The van der Waals surface area contributed by atoms with Crippen LogP contribution in [0.3, 0.4) is 0 Å². The average molecular weight is 332 g/mol. The van der Waals surface area contributed by atoms with Gasteiger partial charge in [0.15, 0.2) is 0 Å². The van der Waals surface area contributed by atoms with Gasteiger partial charge in [-0.2, -0.15) is 0 Å². The van der Waals surface area contributed by atoms with Crippen molar-refractivity contribution in [1.29, 1.82) is 0 Å². The van der Waals surface area contributed by atoms with E-state index in [2.05, 4.69) is 5.32 Å². The summed E-state index contributed by atoms with van der Waals surface area (Å²) >= 11 is 12.3. The lowest BCUT2D eigenvalue weighted by Gasteiger charge is -2.38. The highest BCUT2D eigenvalue weighted by Gasteiger charge is 2.36. The minimum absolute atomic E-state index is 0.0565. The molecule has 0 aromatic heterocycles. The zero-order valence-corrected chi connectivity index (χ0v) is 13.5. The first-order chi connectivity index (χ1) is 10.1. The first-order valence-corrected chi connectivity index (χ1v) is 7.62. The summed E-state index contributed by atoms with van der Waals surface area (Å²) in [5.74, 6) is -0.131. The second-order valence-corrected chi connectivity index (χ2v) is 6.07. The normalized spacial score (nSPS) is 17.5. The largest absolute Gasteiger partial charge is 0.381 e. The third-order valence-electron chi connectivity index (χ3n) is 3.85. The number of methoxy groups -OCH3 is 1. The van der Waals surface area contributed by atoms with Crippen LogP contribution in [0.25, 0.3) is 0 Å². The molecule has 2 rings (SSSR count). The maximum atomic E-state index is 11.7. The minimum atomic E-state index is -0.219. The van der Waals surface area contributed by atoms with Crippen LogP contribution in [0.5, 0.6) is 0 Å². The molecule has 1 aromatic rings. The van der Waals surface area contributed by atoms with Gasteiger partial charge >= 0.3 is 0 Å². The molecular weight excluding hydrogens is 313 g/mol. The second-order valence-electron chi connectivity index (χ2n) is 5.23. The third-order valence-corrected chi connectivity index (χ3v) is 4.40. The van der Waals surface area contributed by atoms with Crippen LogP contribution in [-0.2, 0) is 19.7 Å². The van der Waals surface area contributed by atoms with Crippen molar-refractivity contribution in [3.8, 4) is 0 Å². The summed E-state index contributed by atoms with van der Waals surface area (Å²) in [7, 11) is 1.50. The maximum Gasteiger partial charge on any atom is 0.246 e. The average Bonchev–Trinajstić information content (AvgIpc) is 2.46. The Labute approximate surface area is 134 Å². The van der Waals surface area contributed by atoms with Crippen LogP contribution in [0.15, 0.2) is 18.2 Å². The number of nitrogens with one attached hydrogen (secondary N) is 1. The number of carbonyl (C=O) groups is 1. The van der Waals surface area contributed by atoms with Gasteiger partial charge in [0.05, 0.1) is 0 Å². The smallest absolute Gasteiger partial charge is 0.246 e. The highest BCUT2D eigenvalue weighted by molar-refractivity contribution is 6.35. The molecule has 0 bridgehead atoms. The molecule has 1 aliphatic rings. The summed E-state index contributed by atoms with van der Waals surface area (Å²) in [5.41, 5.74) is 0.790. The van der Waals surface area contributed by atoms with Crippen molar-refractivity contribution in [2.24, 2.45) is 0 Å². The van der Waals surface area contributed by atoms with Crippen LogP contribution in [0, 0.1) is 0 Å². The molecule has 1 heterocycles. The molecule has 4 nitrogen and oxygen atoms in total. The van der Waals surface area contributed by atoms with Gasteiger partial charge in [0.25, 0.3) is 0 Å². The van der Waals surface area contributed by atoms with Gasteiger partial charge in [-0.1, -0.05) is 29.3 Å². The summed E-state index contributed by atoms with van der Waals surface area (Å²) in [6, 6.07) is 5.52. The Morgan fingerprint density at radius 3 is 2.71 bits per heavy atom. The molecule has 1 saturated heterocycles. The van der Waals surface area contributed by atoms with Gasteiger partial charge < -0.3 is 14.8 Å². The number of hydrogen-bond donors (Lipinski definition) is 1. The molecule has 0 spiro atoms. The number of benzene rings is 1. The van der Waals surface area contributed by atoms with Crippen molar-refractivity contribution in [3.63, 3.8) is 0 Å². The predicted molar refractivity (Wildman–Crippen MR) is 83.1 cm³/mol. The lowest BCUT2D eigenvalue weighted by molar-refractivity contribution is -0.125. The molecule has 1 aromatic carbocycles. The Morgan fingerprint density at radius 2 is 2.10 bits per heavy atom. The van der Waals surface area contributed by atoms with E-state index in [9.17, 15) is 4.79 Å². The molecule has 21 heavy (non-hydrogen) atoms. The molecule has 116 valence electrons. The van der Waals surface area contributed by atoms with E-state index in [1.807, 2.05) is 12.1 Å². The Morgan fingerprint density at radius 1 is 1.38 bits per heavy atom. The fraction of sp³-hybridized carbons (Fsp3) is 0.533. The number of halogens is 2. The molecule has 0 saturated carbocycles. The lowest BCUT2D eigenvalue weighted by Crippen LogP contribution is -2.45. The second kappa shape index (κ2) is 7.45. The molecule has 0 unspecified atom stereocenters. The van der Waals surface area contributed by atoms with Crippen LogP contribution in [-0.4, -0.2) is 39.4 Å². The first kappa shape index (κ1) is 16.6. The van der Waals surface area contributed by atoms with E-state index in [1.54, 1.807) is 6.07 Å². The summed E-state index contributed by atoms with van der Waals surface area (Å²) in [5, 5.41) is 4.16. The van der Waals surface area contributed by atoms with Crippen LogP contribution < -0.4 is 5.32 Å². The van der Waals surface area contributed by atoms with Gasteiger partial charge in [0, 0.05) is 42.3 Å². The van der Waals surface area contributed by atoms with E-state index in [4.69, 9.17) is 32.7 Å². The quantitative estimate of drug-likeness (QED) is 0.902. The van der Waals surface area contributed by atoms with Crippen molar-refractivity contribution in [2.75, 3.05) is 33.5 Å². The summed E-state index contributed by atoms with van der Waals surface area (Å²) in [6.07, 6.45) is 1.61. The molecule has 0 aliphatic carbocycles. The predicted octanol–water partition coefficient (Wildman–Crippen LogP) is 2.80.